The van der Waals surface area contributed by atoms with Gasteiger partial charge in [-0.15, -0.1) is 0 Å². The fourth-order valence-corrected chi connectivity index (χ4v) is 1.74. The van der Waals surface area contributed by atoms with Crippen LogP contribution in [0.2, 0.25) is 0 Å². The molecule has 0 aliphatic rings. The van der Waals surface area contributed by atoms with Crippen molar-refractivity contribution in [1.29, 1.82) is 0 Å². The van der Waals surface area contributed by atoms with Crippen LogP contribution in [0.25, 0.3) is 0 Å². The van der Waals surface area contributed by atoms with E-state index < -0.39 is 0 Å². The van der Waals surface area contributed by atoms with Crippen LogP contribution in [-0.2, 0) is 6.54 Å². The van der Waals surface area contributed by atoms with Crippen molar-refractivity contribution in [3.05, 3.63) is 59.9 Å². The first-order valence-corrected chi connectivity index (χ1v) is 5.49. The first kappa shape index (κ1) is 11.6. The molecule has 0 aromatic heterocycles. The van der Waals surface area contributed by atoms with Gasteiger partial charge in [-0.25, -0.2) is 4.39 Å². The number of hydrogen-bond donors (Lipinski definition) is 1. The minimum absolute atomic E-state index is 0.251. The van der Waals surface area contributed by atoms with Gasteiger partial charge in [0.15, 0.2) is 0 Å². The van der Waals surface area contributed by atoms with E-state index in [0.717, 1.165) is 11.3 Å². The Morgan fingerprint density at radius 2 is 1.82 bits per heavy atom. The van der Waals surface area contributed by atoms with Crippen LogP contribution < -0.4 is 10.6 Å². The molecule has 2 nitrogen and oxygen atoms in total. The van der Waals surface area contributed by atoms with Crippen molar-refractivity contribution in [3.63, 3.8) is 0 Å². The summed E-state index contributed by atoms with van der Waals surface area (Å²) in [7, 11) is 1.84. The number of nitrogens with two attached hydrogens (primary N) is 1. The fourth-order valence-electron chi connectivity index (χ4n) is 1.74. The molecule has 0 amide bonds. The summed E-state index contributed by atoms with van der Waals surface area (Å²) in [5.74, 6) is -0.251. The predicted molar refractivity (Wildman–Crippen MR) is 68.8 cm³/mol. The third-order valence-corrected chi connectivity index (χ3v) is 2.75. The minimum Gasteiger partial charge on any atom is -0.342 e. The van der Waals surface area contributed by atoms with Crippen LogP contribution in [0.1, 0.15) is 5.56 Å². The van der Waals surface area contributed by atoms with Crippen molar-refractivity contribution >= 4 is 11.4 Å². The molecular weight excluding hydrogens is 215 g/mol. The molecule has 0 spiro atoms. The maximum Gasteiger partial charge on any atom is 0.147 e. The molecule has 2 aromatic rings. The highest BCUT2D eigenvalue weighted by Gasteiger charge is 2.09. The number of rotatable bonds is 3. The van der Waals surface area contributed by atoms with Gasteiger partial charge < -0.3 is 10.6 Å². The largest absolute Gasteiger partial charge is 0.342 e. The highest BCUT2D eigenvalue weighted by atomic mass is 19.1. The van der Waals surface area contributed by atoms with E-state index >= 15 is 0 Å². The van der Waals surface area contributed by atoms with E-state index in [2.05, 4.69) is 0 Å². The quantitative estimate of drug-likeness (QED) is 0.878. The highest BCUT2D eigenvalue weighted by molar-refractivity contribution is 5.63. The van der Waals surface area contributed by atoms with Gasteiger partial charge in [-0.1, -0.05) is 24.3 Å². The minimum atomic E-state index is -0.251. The molecule has 2 aromatic carbocycles. The Hall–Kier alpha value is -1.87. The Morgan fingerprint density at radius 1 is 1.12 bits per heavy atom. The van der Waals surface area contributed by atoms with E-state index in [4.69, 9.17) is 5.73 Å². The molecule has 0 fully saturated rings. The number of halogens is 1. The number of nitrogens with zero attached hydrogens (tertiary/aromatic N) is 1. The zero-order chi connectivity index (χ0) is 12.3. The molecule has 0 saturated carbocycles. The first-order valence-electron chi connectivity index (χ1n) is 5.49. The van der Waals surface area contributed by atoms with Crippen molar-refractivity contribution < 1.29 is 4.39 Å². The summed E-state index contributed by atoms with van der Waals surface area (Å²) in [6.45, 7) is 0.353. The zero-order valence-corrected chi connectivity index (χ0v) is 9.73. The third kappa shape index (κ3) is 2.45. The second-order valence-corrected chi connectivity index (χ2v) is 3.88. The summed E-state index contributed by atoms with van der Waals surface area (Å²) >= 11 is 0. The zero-order valence-electron chi connectivity index (χ0n) is 9.73. The highest BCUT2D eigenvalue weighted by Crippen LogP contribution is 2.26. The van der Waals surface area contributed by atoms with Crippen molar-refractivity contribution in [1.82, 2.24) is 0 Å². The standard InChI is InChI=1S/C14H15FN2/c1-17(12-5-3-2-4-6-12)14-8-7-11(10-16)9-13(14)15/h2-9H,10,16H2,1H3. The average molecular weight is 230 g/mol. The second kappa shape index (κ2) is 4.97. The lowest BCUT2D eigenvalue weighted by molar-refractivity contribution is 0.625. The number of benzene rings is 2. The van der Waals surface area contributed by atoms with Gasteiger partial charge in [0, 0.05) is 19.3 Å². The molecule has 88 valence electrons. The molecule has 0 bridgehead atoms. The van der Waals surface area contributed by atoms with Crippen LogP contribution in [0.15, 0.2) is 48.5 Å². The van der Waals surface area contributed by atoms with Crippen LogP contribution in [0.5, 0.6) is 0 Å². The van der Waals surface area contributed by atoms with Gasteiger partial charge in [-0.2, -0.15) is 0 Å². The van der Waals surface area contributed by atoms with Gasteiger partial charge >= 0.3 is 0 Å². The Labute approximate surface area is 100 Å². The summed E-state index contributed by atoms with van der Waals surface area (Å²) in [6.07, 6.45) is 0. The van der Waals surface area contributed by atoms with Crippen LogP contribution in [0, 0.1) is 5.82 Å². The lowest BCUT2D eigenvalue weighted by Gasteiger charge is -2.20. The maximum atomic E-state index is 13.9. The van der Waals surface area contributed by atoms with Gasteiger partial charge in [-0.05, 0) is 29.8 Å². The maximum absolute atomic E-state index is 13.9. The van der Waals surface area contributed by atoms with Gasteiger partial charge in [0.25, 0.3) is 0 Å². The lowest BCUT2D eigenvalue weighted by atomic mass is 10.1. The predicted octanol–water partition coefficient (Wildman–Crippen LogP) is 3.05. The summed E-state index contributed by atoms with van der Waals surface area (Å²) in [4.78, 5) is 1.82. The first-order chi connectivity index (χ1) is 8.22. The molecular formula is C14H15FN2. The molecule has 2 rings (SSSR count). The summed E-state index contributed by atoms with van der Waals surface area (Å²) in [5, 5.41) is 0. The Kier molecular flexibility index (Phi) is 3.40. The van der Waals surface area contributed by atoms with Gasteiger partial charge in [0.05, 0.1) is 5.69 Å². The lowest BCUT2D eigenvalue weighted by Crippen LogP contribution is -2.11. The number of para-hydroxylation sites is 1. The summed E-state index contributed by atoms with van der Waals surface area (Å²) in [6, 6.07) is 14.8. The molecule has 0 aliphatic heterocycles. The van der Waals surface area contributed by atoms with Crippen molar-refractivity contribution in [2.75, 3.05) is 11.9 Å². The van der Waals surface area contributed by atoms with E-state index in [9.17, 15) is 4.39 Å². The smallest absolute Gasteiger partial charge is 0.147 e. The van der Waals surface area contributed by atoms with Crippen LogP contribution in [0.4, 0.5) is 15.8 Å². The van der Waals surface area contributed by atoms with Crippen LogP contribution in [0.3, 0.4) is 0 Å². The van der Waals surface area contributed by atoms with Crippen molar-refractivity contribution in [2.45, 2.75) is 6.54 Å². The SMILES string of the molecule is CN(c1ccccc1)c1ccc(CN)cc1F. The monoisotopic (exact) mass is 230 g/mol. The molecule has 0 aliphatic carbocycles. The van der Waals surface area contributed by atoms with Gasteiger partial charge in [0.2, 0.25) is 0 Å². The Bertz CT molecular complexity index is 497. The van der Waals surface area contributed by atoms with E-state index in [1.165, 1.54) is 6.07 Å². The van der Waals surface area contributed by atoms with Crippen LogP contribution >= 0.6 is 0 Å². The summed E-state index contributed by atoms with van der Waals surface area (Å²) < 4.78 is 13.9. The van der Waals surface area contributed by atoms with Crippen molar-refractivity contribution in [3.8, 4) is 0 Å². The Morgan fingerprint density at radius 3 is 2.41 bits per heavy atom. The molecule has 17 heavy (non-hydrogen) atoms. The second-order valence-electron chi connectivity index (χ2n) is 3.88. The molecule has 0 saturated heterocycles. The number of anilines is 2. The third-order valence-electron chi connectivity index (χ3n) is 2.75. The van der Waals surface area contributed by atoms with Crippen LogP contribution in [-0.4, -0.2) is 7.05 Å². The van der Waals surface area contributed by atoms with E-state index in [0.29, 0.717) is 12.2 Å². The van der Waals surface area contributed by atoms with Crippen molar-refractivity contribution in [2.24, 2.45) is 5.73 Å². The molecule has 2 N–H and O–H groups in total. The van der Waals surface area contributed by atoms with E-state index in [1.54, 1.807) is 6.07 Å². The number of hydrogen-bond acceptors (Lipinski definition) is 2. The van der Waals surface area contributed by atoms with Gasteiger partial charge in [0.1, 0.15) is 5.82 Å². The topological polar surface area (TPSA) is 29.3 Å². The molecule has 0 unspecified atom stereocenters. The summed E-state index contributed by atoms with van der Waals surface area (Å²) in [5.41, 5.74) is 7.77. The van der Waals surface area contributed by atoms with Gasteiger partial charge in [-0.3, -0.25) is 0 Å². The molecule has 0 atom stereocenters. The fraction of sp³-hybridized carbons (Fsp3) is 0.143. The molecule has 3 heteroatoms. The normalized spacial score (nSPS) is 10.3. The Balaban J connectivity index is 2.34. The van der Waals surface area contributed by atoms with E-state index in [1.807, 2.05) is 48.3 Å². The molecule has 0 radical (unpaired) electrons. The molecule has 0 heterocycles. The average Bonchev–Trinajstić information content (AvgIpc) is 2.39. The van der Waals surface area contributed by atoms with E-state index in [-0.39, 0.29) is 5.82 Å².